The third-order valence-electron chi connectivity index (χ3n) is 3.75. The SMILES string of the molecule is O=C(O)c1ccc(CNC(=O)N2CCCC(OCCO)C2)cc1. The molecule has 0 aliphatic carbocycles. The van der Waals surface area contributed by atoms with Crippen LogP contribution >= 0.6 is 0 Å². The van der Waals surface area contributed by atoms with Crippen molar-refractivity contribution in [1.82, 2.24) is 10.2 Å². The normalized spacial score (nSPS) is 17.8. The van der Waals surface area contributed by atoms with Crippen molar-refractivity contribution in [2.45, 2.75) is 25.5 Å². The zero-order valence-corrected chi connectivity index (χ0v) is 12.9. The van der Waals surface area contributed by atoms with Crippen molar-refractivity contribution in [3.05, 3.63) is 35.4 Å². The Bertz CT molecular complexity index is 532. The Hall–Kier alpha value is -2.12. The van der Waals surface area contributed by atoms with Crippen molar-refractivity contribution in [3.63, 3.8) is 0 Å². The summed E-state index contributed by atoms with van der Waals surface area (Å²) >= 11 is 0. The Morgan fingerprint density at radius 2 is 2.04 bits per heavy atom. The Balaban J connectivity index is 1.80. The van der Waals surface area contributed by atoms with Crippen LogP contribution in [0.3, 0.4) is 0 Å². The van der Waals surface area contributed by atoms with Crippen LogP contribution < -0.4 is 5.32 Å². The number of urea groups is 1. The number of nitrogens with zero attached hydrogens (tertiary/aromatic N) is 1. The molecule has 1 aliphatic heterocycles. The molecule has 1 heterocycles. The number of likely N-dealkylation sites (tertiary alicyclic amines) is 1. The number of carboxylic acid groups (broad SMARTS) is 1. The van der Waals surface area contributed by atoms with Crippen LogP contribution in [0.2, 0.25) is 0 Å². The molecule has 1 fully saturated rings. The van der Waals surface area contributed by atoms with Crippen LogP contribution in [0.5, 0.6) is 0 Å². The number of rotatable bonds is 6. The molecule has 0 bridgehead atoms. The number of aliphatic hydroxyl groups is 1. The first-order valence-corrected chi connectivity index (χ1v) is 7.67. The highest BCUT2D eigenvalue weighted by Crippen LogP contribution is 2.13. The lowest BCUT2D eigenvalue weighted by molar-refractivity contribution is -0.00580. The van der Waals surface area contributed by atoms with E-state index < -0.39 is 5.97 Å². The molecule has 0 radical (unpaired) electrons. The summed E-state index contributed by atoms with van der Waals surface area (Å²) in [5.41, 5.74) is 1.06. The van der Waals surface area contributed by atoms with Gasteiger partial charge in [0.1, 0.15) is 0 Å². The molecule has 7 nitrogen and oxygen atoms in total. The Morgan fingerprint density at radius 1 is 1.30 bits per heavy atom. The first-order valence-electron chi connectivity index (χ1n) is 7.67. The van der Waals surface area contributed by atoms with Gasteiger partial charge in [-0.1, -0.05) is 12.1 Å². The predicted octanol–water partition coefficient (Wildman–Crippen LogP) is 1.07. The van der Waals surface area contributed by atoms with Crippen molar-refractivity contribution in [2.24, 2.45) is 0 Å². The van der Waals surface area contributed by atoms with Gasteiger partial charge in [0, 0.05) is 19.6 Å². The summed E-state index contributed by atoms with van der Waals surface area (Å²) in [6, 6.07) is 6.25. The second kappa shape index (κ2) is 8.50. The number of amides is 2. The van der Waals surface area contributed by atoms with E-state index in [0.717, 1.165) is 18.4 Å². The summed E-state index contributed by atoms with van der Waals surface area (Å²) in [5, 5.41) is 20.5. The Kier molecular flexibility index (Phi) is 6.37. The van der Waals surface area contributed by atoms with Gasteiger partial charge in [-0.05, 0) is 30.5 Å². The van der Waals surface area contributed by atoms with E-state index in [1.54, 1.807) is 17.0 Å². The van der Waals surface area contributed by atoms with E-state index in [-0.39, 0.29) is 30.9 Å². The number of hydrogen-bond acceptors (Lipinski definition) is 4. The standard InChI is InChI=1S/C16H22N2O5/c19-8-9-23-14-2-1-7-18(11-14)16(22)17-10-12-3-5-13(6-4-12)15(20)21/h3-6,14,19H,1-2,7-11H2,(H,17,22)(H,20,21). The van der Waals surface area contributed by atoms with Crippen LogP contribution in [0.25, 0.3) is 0 Å². The maximum absolute atomic E-state index is 12.2. The number of aliphatic hydroxyl groups excluding tert-OH is 1. The minimum Gasteiger partial charge on any atom is -0.478 e. The summed E-state index contributed by atoms with van der Waals surface area (Å²) < 4.78 is 5.48. The molecule has 1 aromatic carbocycles. The highest BCUT2D eigenvalue weighted by atomic mass is 16.5. The van der Waals surface area contributed by atoms with Crippen LogP contribution in [-0.4, -0.2) is 59.5 Å². The maximum Gasteiger partial charge on any atom is 0.335 e. The first-order chi connectivity index (χ1) is 11.1. The molecule has 1 aliphatic rings. The minimum atomic E-state index is -0.970. The lowest BCUT2D eigenvalue weighted by Crippen LogP contribution is -2.47. The van der Waals surface area contributed by atoms with Crippen molar-refractivity contribution in [3.8, 4) is 0 Å². The minimum absolute atomic E-state index is 0.0188. The van der Waals surface area contributed by atoms with E-state index >= 15 is 0 Å². The molecule has 2 amide bonds. The molecule has 0 saturated carbocycles. The van der Waals surface area contributed by atoms with Gasteiger partial charge in [0.2, 0.25) is 0 Å². The zero-order chi connectivity index (χ0) is 16.7. The van der Waals surface area contributed by atoms with Crippen LogP contribution in [-0.2, 0) is 11.3 Å². The average molecular weight is 322 g/mol. The first kappa shape index (κ1) is 17.2. The van der Waals surface area contributed by atoms with Gasteiger partial charge in [-0.15, -0.1) is 0 Å². The van der Waals surface area contributed by atoms with E-state index in [1.165, 1.54) is 12.1 Å². The zero-order valence-electron chi connectivity index (χ0n) is 12.9. The van der Waals surface area contributed by atoms with Gasteiger partial charge >= 0.3 is 12.0 Å². The molecule has 2 rings (SSSR count). The van der Waals surface area contributed by atoms with Crippen LogP contribution in [0.4, 0.5) is 4.79 Å². The number of carbonyl (C=O) groups is 2. The summed E-state index contributed by atoms with van der Waals surface area (Å²) in [6.07, 6.45) is 1.73. The summed E-state index contributed by atoms with van der Waals surface area (Å²) in [7, 11) is 0. The third-order valence-corrected chi connectivity index (χ3v) is 3.75. The topological polar surface area (TPSA) is 99.1 Å². The van der Waals surface area contributed by atoms with Gasteiger partial charge in [-0.2, -0.15) is 0 Å². The molecule has 1 saturated heterocycles. The second-order valence-electron chi connectivity index (χ2n) is 5.47. The number of benzene rings is 1. The smallest absolute Gasteiger partial charge is 0.335 e. The van der Waals surface area contributed by atoms with E-state index in [9.17, 15) is 9.59 Å². The second-order valence-corrected chi connectivity index (χ2v) is 5.47. The number of carboxylic acids is 1. The summed E-state index contributed by atoms with van der Waals surface area (Å²) in [5.74, 6) is -0.970. The van der Waals surface area contributed by atoms with Crippen molar-refractivity contribution >= 4 is 12.0 Å². The maximum atomic E-state index is 12.2. The van der Waals surface area contributed by atoms with Crippen LogP contribution in [0.15, 0.2) is 24.3 Å². The highest BCUT2D eigenvalue weighted by Gasteiger charge is 2.23. The van der Waals surface area contributed by atoms with Gasteiger partial charge in [-0.3, -0.25) is 0 Å². The number of aromatic carboxylic acids is 1. The fourth-order valence-electron chi connectivity index (χ4n) is 2.53. The number of nitrogens with one attached hydrogen (secondary N) is 1. The van der Waals surface area contributed by atoms with E-state index in [0.29, 0.717) is 19.6 Å². The fraction of sp³-hybridized carbons (Fsp3) is 0.500. The van der Waals surface area contributed by atoms with Crippen LogP contribution in [0, 0.1) is 0 Å². The number of piperidine rings is 1. The predicted molar refractivity (Wildman–Crippen MR) is 83.3 cm³/mol. The lowest BCUT2D eigenvalue weighted by Gasteiger charge is -2.32. The van der Waals surface area contributed by atoms with Crippen LogP contribution in [0.1, 0.15) is 28.8 Å². The molecule has 23 heavy (non-hydrogen) atoms. The monoisotopic (exact) mass is 322 g/mol. The third kappa shape index (κ3) is 5.22. The molecule has 3 N–H and O–H groups in total. The van der Waals surface area contributed by atoms with E-state index in [2.05, 4.69) is 5.32 Å². The average Bonchev–Trinajstić information content (AvgIpc) is 2.58. The molecule has 7 heteroatoms. The molecule has 1 atom stereocenters. The molecule has 0 spiro atoms. The molecule has 1 aromatic rings. The van der Waals surface area contributed by atoms with Gasteiger partial charge in [0.15, 0.2) is 0 Å². The Labute approximate surface area is 134 Å². The van der Waals surface area contributed by atoms with Crippen molar-refractivity contribution in [1.29, 1.82) is 0 Å². The lowest BCUT2D eigenvalue weighted by atomic mass is 10.1. The molecule has 0 aromatic heterocycles. The summed E-state index contributed by atoms with van der Waals surface area (Å²) in [4.78, 5) is 24.7. The highest BCUT2D eigenvalue weighted by molar-refractivity contribution is 5.87. The Morgan fingerprint density at radius 3 is 2.70 bits per heavy atom. The molecule has 126 valence electrons. The largest absolute Gasteiger partial charge is 0.478 e. The molecular weight excluding hydrogens is 300 g/mol. The van der Waals surface area contributed by atoms with E-state index in [1.807, 2.05) is 0 Å². The quantitative estimate of drug-likeness (QED) is 0.727. The fourth-order valence-corrected chi connectivity index (χ4v) is 2.53. The van der Waals surface area contributed by atoms with Gasteiger partial charge in [-0.25, -0.2) is 9.59 Å². The summed E-state index contributed by atoms with van der Waals surface area (Å²) in [6.45, 7) is 1.81. The number of carbonyl (C=O) groups excluding carboxylic acids is 1. The van der Waals surface area contributed by atoms with Crippen molar-refractivity contribution in [2.75, 3.05) is 26.3 Å². The molecule has 1 unspecified atom stereocenters. The van der Waals surface area contributed by atoms with Gasteiger partial charge in [0.05, 0.1) is 24.9 Å². The van der Waals surface area contributed by atoms with Gasteiger partial charge in [0.25, 0.3) is 0 Å². The van der Waals surface area contributed by atoms with Gasteiger partial charge < -0.3 is 25.2 Å². The number of hydrogen-bond donors (Lipinski definition) is 3. The molecular formula is C16H22N2O5. The number of ether oxygens (including phenoxy) is 1. The van der Waals surface area contributed by atoms with Crippen molar-refractivity contribution < 1.29 is 24.5 Å². The van der Waals surface area contributed by atoms with E-state index in [4.69, 9.17) is 14.9 Å².